The first-order valence-corrected chi connectivity index (χ1v) is 9.49. The van der Waals surface area contributed by atoms with E-state index in [1.807, 2.05) is 4.90 Å². The highest BCUT2D eigenvalue weighted by atomic mass is 19.1. The van der Waals surface area contributed by atoms with E-state index in [4.69, 9.17) is 16.0 Å². The Bertz CT molecular complexity index is 841. The number of amides is 2. The fourth-order valence-corrected chi connectivity index (χ4v) is 3.39. The Labute approximate surface area is 168 Å². The number of nitrogens with zero attached hydrogens (tertiary/aromatic N) is 3. The van der Waals surface area contributed by atoms with Crippen LogP contribution in [0.2, 0.25) is 0 Å². The van der Waals surface area contributed by atoms with Crippen molar-refractivity contribution in [2.75, 3.05) is 42.6 Å². The molecule has 2 heterocycles. The number of cyclic esters (lactones) is 1. The van der Waals surface area contributed by atoms with E-state index < -0.39 is 24.1 Å². The van der Waals surface area contributed by atoms with Crippen molar-refractivity contribution in [1.29, 1.82) is 0 Å². The van der Waals surface area contributed by atoms with Gasteiger partial charge in [-0.05, 0) is 38.0 Å². The van der Waals surface area contributed by atoms with Gasteiger partial charge in [0, 0.05) is 13.1 Å². The normalized spacial score (nSPS) is 18.9. The van der Waals surface area contributed by atoms with Crippen molar-refractivity contribution in [3.05, 3.63) is 47.2 Å². The van der Waals surface area contributed by atoms with Crippen molar-refractivity contribution >= 4 is 23.6 Å². The molecule has 2 aliphatic heterocycles. The minimum absolute atomic E-state index is 0.121. The van der Waals surface area contributed by atoms with Crippen LogP contribution in [0.4, 0.5) is 25.4 Å². The molecule has 29 heavy (non-hydrogen) atoms. The lowest BCUT2D eigenvalue weighted by atomic mass is 10.0. The van der Waals surface area contributed by atoms with Crippen molar-refractivity contribution in [3.63, 3.8) is 0 Å². The summed E-state index contributed by atoms with van der Waals surface area (Å²) < 4.78 is 24.7. The van der Waals surface area contributed by atoms with Crippen molar-refractivity contribution in [1.82, 2.24) is 5.32 Å². The maximum absolute atomic E-state index is 14.7. The number of hydrogen-bond acceptors (Lipinski definition) is 5. The molecular weight excluding hydrogens is 379 g/mol. The van der Waals surface area contributed by atoms with Gasteiger partial charge in [-0.2, -0.15) is 0 Å². The quantitative estimate of drug-likeness (QED) is 0.765. The zero-order chi connectivity index (χ0) is 20.8. The Balaban J connectivity index is 1.61. The molecule has 154 valence electrons. The SMILES string of the molecule is [C-]#[N+]C=C1CCN(c2ccc(N3C[C@H](CNC(=O)OCC)OC3=O)cc2F)CC1. The van der Waals surface area contributed by atoms with Crippen LogP contribution in [0, 0.1) is 12.4 Å². The van der Waals surface area contributed by atoms with Gasteiger partial charge in [-0.15, -0.1) is 0 Å². The smallest absolute Gasteiger partial charge is 0.414 e. The first-order chi connectivity index (χ1) is 14.0. The summed E-state index contributed by atoms with van der Waals surface area (Å²) in [6.45, 7) is 10.5. The van der Waals surface area contributed by atoms with Gasteiger partial charge in [-0.25, -0.2) is 18.8 Å². The molecule has 9 heteroatoms. The average molecular weight is 402 g/mol. The molecule has 1 atom stereocenters. The molecule has 0 bridgehead atoms. The van der Waals surface area contributed by atoms with Gasteiger partial charge in [0.25, 0.3) is 0 Å². The van der Waals surface area contributed by atoms with Crippen LogP contribution in [-0.2, 0) is 9.47 Å². The van der Waals surface area contributed by atoms with Gasteiger partial charge in [0.15, 0.2) is 6.20 Å². The van der Waals surface area contributed by atoms with Crippen molar-refractivity contribution in [3.8, 4) is 0 Å². The molecule has 2 amide bonds. The lowest BCUT2D eigenvalue weighted by Crippen LogP contribution is -2.35. The third kappa shape index (κ3) is 4.96. The maximum Gasteiger partial charge on any atom is 0.414 e. The van der Waals surface area contributed by atoms with E-state index in [1.165, 1.54) is 11.0 Å². The molecule has 8 nitrogen and oxygen atoms in total. The van der Waals surface area contributed by atoms with Crippen LogP contribution in [-0.4, -0.2) is 51.1 Å². The van der Waals surface area contributed by atoms with E-state index >= 15 is 0 Å². The van der Waals surface area contributed by atoms with Crippen LogP contribution in [0.5, 0.6) is 0 Å². The lowest BCUT2D eigenvalue weighted by molar-refractivity contribution is 0.127. The van der Waals surface area contributed by atoms with E-state index in [1.54, 1.807) is 25.3 Å². The summed E-state index contributed by atoms with van der Waals surface area (Å²) in [5.41, 5.74) is 1.96. The van der Waals surface area contributed by atoms with E-state index in [9.17, 15) is 14.0 Å². The molecule has 1 N–H and O–H groups in total. The summed E-state index contributed by atoms with van der Waals surface area (Å²) in [5.74, 6) is -0.416. The molecule has 0 aliphatic carbocycles. The summed E-state index contributed by atoms with van der Waals surface area (Å²) in [6.07, 6.45) is 1.31. The molecule has 2 saturated heterocycles. The number of anilines is 2. The third-order valence-electron chi connectivity index (χ3n) is 4.86. The predicted molar refractivity (Wildman–Crippen MR) is 105 cm³/mol. The summed E-state index contributed by atoms with van der Waals surface area (Å²) in [5, 5.41) is 2.53. The maximum atomic E-state index is 14.7. The number of halogens is 1. The van der Waals surface area contributed by atoms with Crippen LogP contribution in [0.1, 0.15) is 19.8 Å². The Kier molecular flexibility index (Phi) is 6.54. The first kappa shape index (κ1) is 20.5. The molecular formula is C20H23FN4O4. The van der Waals surface area contributed by atoms with Gasteiger partial charge in [0.1, 0.15) is 11.9 Å². The van der Waals surface area contributed by atoms with Gasteiger partial charge in [-0.3, -0.25) is 4.90 Å². The molecule has 0 radical (unpaired) electrons. The molecule has 2 aliphatic rings. The highest BCUT2D eigenvalue weighted by Gasteiger charge is 2.33. The van der Waals surface area contributed by atoms with Gasteiger partial charge in [0.2, 0.25) is 0 Å². The number of piperidine rings is 1. The Hall–Kier alpha value is -3.28. The summed E-state index contributed by atoms with van der Waals surface area (Å²) >= 11 is 0. The molecule has 2 fully saturated rings. The zero-order valence-electron chi connectivity index (χ0n) is 16.2. The number of carbonyl (C=O) groups is 2. The molecule has 3 rings (SSSR count). The number of benzene rings is 1. The minimum atomic E-state index is -0.584. The standard InChI is InChI=1S/C20H23FN4O4/c1-3-28-19(26)23-12-16-13-25(20(27)29-16)15-4-5-18(17(21)10-15)24-8-6-14(7-9-24)11-22-2/h4-5,10-11,16H,3,6-9,12-13H2,1H3,(H,23,26)/t16-/m0/s1. The average Bonchev–Trinajstić information content (AvgIpc) is 3.08. The van der Waals surface area contributed by atoms with E-state index in [0.29, 0.717) is 24.5 Å². The molecule has 0 spiro atoms. The topological polar surface area (TPSA) is 75.5 Å². The number of rotatable bonds is 5. The summed E-state index contributed by atoms with van der Waals surface area (Å²) in [4.78, 5) is 30.1. The van der Waals surface area contributed by atoms with E-state index in [0.717, 1.165) is 18.4 Å². The fourth-order valence-electron chi connectivity index (χ4n) is 3.39. The van der Waals surface area contributed by atoms with Crippen molar-refractivity contribution < 1.29 is 23.5 Å². The Morgan fingerprint density at radius 1 is 1.45 bits per heavy atom. The van der Waals surface area contributed by atoms with Crippen LogP contribution in [0.15, 0.2) is 30.0 Å². The zero-order valence-corrected chi connectivity index (χ0v) is 16.2. The third-order valence-corrected chi connectivity index (χ3v) is 4.86. The second kappa shape index (κ2) is 9.28. The van der Waals surface area contributed by atoms with Gasteiger partial charge < -0.3 is 19.7 Å². The summed E-state index contributed by atoms with van der Waals surface area (Å²) in [6, 6.07) is 4.67. The monoisotopic (exact) mass is 402 g/mol. The van der Waals surface area contributed by atoms with Gasteiger partial charge in [-0.1, -0.05) is 5.57 Å². The van der Waals surface area contributed by atoms with Crippen molar-refractivity contribution in [2.24, 2.45) is 0 Å². The number of ether oxygens (including phenoxy) is 2. The largest absolute Gasteiger partial charge is 0.450 e. The van der Waals surface area contributed by atoms with Crippen LogP contribution in [0.25, 0.3) is 4.85 Å². The lowest BCUT2D eigenvalue weighted by Gasteiger charge is -2.31. The number of nitrogens with one attached hydrogen (secondary N) is 1. The fraction of sp³-hybridized carbons (Fsp3) is 0.450. The highest BCUT2D eigenvalue weighted by molar-refractivity contribution is 5.90. The van der Waals surface area contributed by atoms with Gasteiger partial charge in [0.05, 0.1) is 37.6 Å². The number of alkyl carbamates (subject to hydrolysis) is 1. The number of carbonyl (C=O) groups excluding carboxylic acids is 2. The van der Waals surface area contributed by atoms with Crippen LogP contribution in [0.3, 0.4) is 0 Å². The van der Waals surface area contributed by atoms with E-state index in [-0.39, 0.29) is 19.7 Å². The van der Waals surface area contributed by atoms with Crippen LogP contribution >= 0.6 is 0 Å². The second-order valence-corrected chi connectivity index (χ2v) is 6.76. The number of hydrogen-bond donors (Lipinski definition) is 1. The molecule has 0 unspecified atom stereocenters. The highest BCUT2D eigenvalue weighted by Crippen LogP contribution is 2.30. The van der Waals surface area contributed by atoms with E-state index in [2.05, 4.69) is 10.2 Å². The molecule has 0 saturated carbocycles. The molecule has 0 aromatic heterocycles. The first-order valence-electron chi connectivity index (χ1n) is 9.49. The Morgan fingerprint density at radius 2 is 2.21 bits per heavy atom. The molecule has 1 aromatic carbocycles. The van der Waals surface area contributed by atoms with Crippen molar-refractivity contribution in [2.45, 2.75) is 25.9 Å². The van der Waals surface area contributed by atoms with Crippen LogP contribution < -0.4 is 15.1 Å². The second-order valence-electron chi connectivity index (χ2n) is 6.76. The summed E-state index contributed by atoms with van der Waals surface area (Å²) in [7, 11) is 0. The minimum Gasteiger partial charge on any atom is -0.450 e. The van der Waals surface area contributed by atoms with Gasteiger partial charge >= 0.3 is 12.2 Å². The Morgan fingerprint density at radius 3 is 2.86 bits per heavy atom. The molecule has 1 aromatic rings. The predicted octanol–water partition coefficient (Wildman–Crippen LogP) is 3.30.